The Hall–Kier alpha value is -2.96. The first kappa shape index (κ1) is 19.4. The molecule has 2 atom stereocenters. The minimum Gasteiger partial charge on any atom is -0.493 e. The van der Waals surface area contributed by atoms with Gasteiger partial charge in [0.25, 0.3) is 5.91 Å². The zero-order chi connectivity index (χ0) is 20.5. The minimum absolute atomic E-state index is 0.0267. The molecule has 4 rings (SSSR count). The van der Waals surface area contributed by atoms with Crippen LogP contribution < -0.4 is 14.2 Å². The van der Waals surface area contributed by atoms with E-state index in [1.807, 2.05) is 12.1 Å². The van der Waals surface area contributed by atoms with Gasteiger partial charge in [0.15, 0.2) is 11.5 Å². The number of ether oxygens (including phenoxy) is 3. The zero-order valence-electron chi connectivity index (χ0n) is 17.3. The third-order valence-electron chi connectivity index (χ3n) is 6.03. The summed E-state index contributed by atoms with van der Waals surface area (Å²) < 4.78 is 16.2. The maximum absolute atomic E-state index is 13.2. The second-order valence-corrected chi connectivity index (χ2v) is 7.53. The fraction of sp³-hybridized carbons (Fsp3) is 0.455. The second-order valence-electron chi connectivity index (χ2n) is 7.53. The molecule has 2 fully saturated rings. The Morgan fingerprint density at radius 3 is 2.21 bits per heavy atom. The van der Waals surface area contributed by atoms with Gasteiger partial charge in [-0.05, 0) is 50.8 Å². The highest BCUT2D eigenvalue weighted by atomic mass is 16.5. The molecule has 29 heavy (non-hydrogen) atoms. The number of nitrogens with zero attached hydrogens (tertiary/aromatic N) is 2. The number of piperidine rings is 1. The number of allylic oxidation sites excluding steroid dienone is 1. The molecule has 2 aliphatic heterocycles. The lowest BCUT2D eigenvalue weighted by atomic mass is 9.96. The van der Waals surface area contributed by atoms with E-state index >= 15 is 0 Å². The fourth-order valence-corrected chi connectivity index (χ4v) is 4.57. The van der Waals surface area contributed by atoms with Gasteiger partial charge in [-0.25, -0.2) is 0 Å². The molecule has 0 saturated carbocycles. The lowest BCUT2D eigenvalue weighted by Crippen LogP contribution is -2.44. The van der Waals surface area contributed by atoms with Gasteiger partial charge in [-0.2, -0.15) is 5.10 Å². The Morgan fingerprint density at radius 1 is 1.07 bits per heavy atom. The van der Waals surface area contributed by atoms with Gasteiger partial charge in [-0.1, -0.05) is 11.6 Å². The smallest absolute Gasteiger partial charge is 0.272 e. The molecule has 1 aromatic heterocycles. The first-order valence-electron chi connectivity index (χ1n) is 9.92. The number of H-pyrrole nitrogens is 1. The van der Waals surface area contributed by atoms with E-state index in [1.54, 1.807) is 27.4 Å². The van der Waals surface area contributed by atoms with Crippen LogP contribution in [0.15, 0.2) is 29.8 Å². The third kappa shape index (κ3) is 3.34. The zero-order valence-corrected chi connectivity index (χ0v) is 17.3. The Kier molecular flexibility index (Phi) is 5.22. The van der Waals surface area contributed by atoms with Gasteiger partial charge in [0.1, 0.15) is 5.69 Å². The summed E-state index contributed by atoms with van der Waals surface area (Å²) in [6.45, 7) is 2.09. The Labute approximate surface area is 170 Å². The molecule has 3 heterocycles. The highest BCUT2D eigenvalue weighted by Gasteiger charge is 2.41. The Bertz CT molecular complexity index is 908. The standard InChI is InChI=1S/C22H27N3O4/c1-5-13-8-15-6-7-16(9-13)25(15)22(26)18-12-17(23-24-18)14-10-19(27-2)21(29-4)20(11-14)28-3/h5,10-12,15-16H,6-9H2,1-4H3,(H,23,24). The summed E-state index contributed by atoms with van der Waals surface area (Å²) in [4.78, 5) is 15.3. The van der Waals surface area contributed by atoms with Crippen molar-refractivity contribution >= 4 is 5.91 Å². The summed E-state index contributed by atoms with van der Waals surface area (Å²) in [6, 6.07) is 6.04. The number of methoxy groups -OCH3 is 3. The van der Waals surface area contributed by atoms with E-state index in [0.29, 0.717) is 40.7 Å². The SMILES string of the molecule is CC=C1CC2CCC(C1)N2C(=O)c1cc(-c2cc(OC)c(OC)c(OC)c2)n[nH]1. The molecule has 154 valence electrons. The largest absolute Gasteiger partial charge is 0.493 e. The quantitative estimate of drug-likeness (QED) is 0.777. The topological polar surface area (TPSA) is 76.7 Å². The van der Waals surface area contributed by atoms with Crippen molar-refractivity contribution in [2.75, 3.05) is 21.3 Å². The van der Waals surface area contributed by atoms with Crippen LogP contribution in [0.2, 0.25) is 0 Å². The minimum atomic E-state index is 0.0267. The van der Waals surface area contributed by atoms with Gasteiger partial charge >= 0.3 is 0 Å². The Balaban J connectivity index is 1.62. The maximum atomic E-state index is 13.2. The molecule has 0 aliphatic carbocycles. The number of fused-ring (bicyclic) bond motifs is 2. The molecule has 7 nitrogen and oxygen atoms in total. The van der Waals surface area contributed by atoms with Gasteiger partial charge in [-0.15, -0.1) is 0 Å². The number of rotatable bonds is 5. The molecule has 1 aromatic carbocycles. The van der Waals surface area contributed by atoms with Gasteiger partial charge < -0.3 is 19.1 Å². The number of hydrogen-bond donors (Lipinski definition) is 1. The van der Waals surface area contributed by atoms with Crippen LogP contribution in [0.4, 0.5) is 0 Å². The van der Waals surface area contributed by atoms with Crippen LogP contribution in [0.3, 0.4) is 0 Å². The van der Waals surface area contributed by atoms with E-state index in [-0.39, 0.29) is 5.91 Å². The molecule has 7 heteroatoms. The van der Waals surface area contributed by atoms with E-state index in [9.17, 15) is 4.79 Å². The summed E-state index contributed by atoms with van der Waals surface area (Å²) in [5.41, 5.74) is 3.41. The number of carbonyl (C=O) groups excluding carboxylic acids is 1. The van der Waals surface area contributed by atoms with E-state index in [1.165, 1.54) is 5.57 Å². The molecule has 2 bridgehead atoms. The fourth-order valence-electron chi connectivity index (χ4n) is 4.57. The monoisotopic (exact) mass is 397 g/mol. The van der Waals surface area contributed by atoms with Crippen molar-refractivity contribution in [1.82, 2.24) is 15.1 Å². The highest BCUT2D eigenvalue weighted by molar-refractivity contribution is 5.94. The number of hydrogen-bond acceptors (Lipinski definition) is 5. The van der Waals surface area contributed by atoms with Crippen LogP contribution in [0.5, 0.6) is 17.2 Å². The summed E-state index contributed by atoms with van der Waals surface area (Å²) in [7, 11) is 4.72. The molecule has 0 radical (unpaired) electrons. The van der Waals surface area contributed by atoms with Gasteiger partial charge in [0.2, 0.25) is 5.75 Å². The summed E-state index contributed by atoms with van der Waals surface area (Å²) in [6.07, 6.45) is 6.30. The van der Waals surface area contributed by atoms with Crippen LogP contribution >= 0.6 is 0 Å². The lowest BCUT2D eigenvalue weighted by molar-refractivity contribution is 0.0628. The van der Waals surface area contributed by atoms with Crippen LogP contribution in [0.25, 0.3) is 11.3 Å². The number of nitrogens with one attached hydrogen (secondary N) is 1. The predicted octanol–water partition coefficient (Wildman–Crippen LogP) is 3.82. The molecular weight excluding hydrogens is 370 g/mol. The van der Waals surface area contributed by atoms with Gasteiger partial charge in [0, 0.05) is 17.6 Å². The average Bonchev–Trinajstić information content (AvgIpc) is 3.34. The van der Waals surface area contributed by atoms with Crippen molar-refractivity contribution < 1.29 is 19.0 Å². The van der Waals surface area contributed by atoms with Crippen molar-refractivity contribution in [2.24, 2.45) is 0 Å². The molecule has 2 saturated heterocycles. The first-order chi connectivity index (χ1) is 14.1. The maximum Gasteiger partial charge on any atom is 0.272 e. The number of benzene rings is 1. The lowest BCUT2D eigenvalue weighted by Gasteiger charge is -2.35. The molecule has 1 N–H and O–H groups in total. The Morgan fingerprint density at radius 2 is 1.69 bits per heavy atom. The van der Waals surface area contributed by atoms with Crippen LogP contribution in [-0.4, -0.2) is 54.4 Å². The third-order valence-corrected chi connectivity index (χ3v) is 6.03. The van der Waals surface area contributed by atoms with Crippen molar-refractivity contribution in [1.29, 1.82) is 0 Å². The van der Waals surface area contributed by atoms with Crippen molar-refractivity contribution in [3.63, 3.8) is 0 Å². The van der Waals surface area contributed by atoms with Crippen molar-refractivity contribution in [2.45, 2.75) is 44.7 Å². The summed E-state index contributed by atoms with van der Waals surface area (Å²) >= 11 is 0. The molecule has 2 aliphatic rings. The summed E-state index contributed by atoms with van der Waals surface area (Å²) in [5, 5.41) is 7.30. The highest BCUT2D eigenvalue weighted by Crippen LogP contribution is 2.42. The van der Waals surface area contributed by atoms with Crippen LogP contribution in [0.1, 0.15) is 43.1 Å². The van der Waals surface area contributed by atoms with Crippen LogP contribution in [0, 0.1) is 0 Å². The number of aromatic amines is 1. The van der Waals surface area contributed by atoms with E-state index < -0.39 is 0 Å². The van der Waals surface area contributed by atoms with Gasteiger partial charge in [-0.3, -0.25) is 9.89 Å². The summed E-state index contributed by atoms with van der Waals surface area (Å²) in [5.74, 6) is 1.64. The number of aromatic nitrogens is 2. The molecule has 2 aromatic rings. The normalized spacial score (nSPS) is 20.6. The van der Waals surface area contributed by atoms with E-state index in [0.717, 1.165) is 31.2 Å². The van der Waals surface area contributed by atoms with Crippen molar-refractivity contribution in [3.8, 4) is 28.5 Å². The second kappa shape index (κ2) is 7.81. The van der Waals surface area contributed by atoms with Crippen LogP contribution in [-0.2, 0) is 0 Å². The predicted molar refractivity (Wildman–Crippen MR) is 110 cm³/mol. The van der Waals surface area contributed by atoms with Crippen molar-refractivity contribution in [3.05, 3.63) is 35.5 Å². The van der Waals surface area contributed by atoms with E-state index in [2.05, 4.69) is 28.1 Å². The van der Waals surface area contributed by atoms with Gasteiger partial charge in [0.05, 0.1) is 27.0 Å². The molecule has 1 amide bonds. The number of carbonyl (C=O) groups is 1. The molecule has 0 spiro atoms. The van der Waals surface area contributed by atoms with E-state index in [4.69, 9.17) is 14.2 Å². The first-order valence-corrected chi connectivity index (χ1v) is 9.92. The average molecular weight is 397 g/mol. The molecular formula is C22H27N3O4. The number of amides is 1. The molecule has 2 unspecified atom stereocenters.